The highest BCUT2D eigenvalue weighted by Crippen LogP contribution is 2.35. The topological polar surface area (TPSA) is 43.6 Å². The van der Waals surface area contributed by atoms with Crippen molar-refractivity contribution in [3.05, 3.63) is 70.7 Å². The molecule has 1 fully saturated rings. The van der Waals surface area contributed by atoms with Crippen LogP contribution in [-0.2, 0) is 11.2 Å². The second-order valence-corrected chi connectivity index (χ2v) is 7.58. The van der Waals surface area contributed by atoms with Crippen molar-refractivity contribution in [2.45, 2.75) is 51.4 Å². The van der Waals surface area contributed by atoms with E-state index in [1.54, 1.807) is 6.07 Å². The fraction of sp³-hybridized carbons (Fsp3) is 0.391. The second kappa shape index (κ2) is 7.55. The number of benzene rings is 1. The summed E-state index contributed by atoms with van der Waals surface area (Å²) < 4.78 is 7.00. The minimum Gasteiger partial charge on any atom is -0.465 e. The molecule has 0 saturated heterocycles. The molecule has 0 N–H and O–H groups in total. The van der Waals surface area contributed by atoms with Crippen LogP contribution in [0.15, 0.2) is 42.6 Å². The molecule has 0 radical (unpaired) electrons. The smallest absolute Gasteiger partial charge is 0.339 e. The molecule has 1 aliphatic rings. The monoisotopic (exact) mass is 362 g/mol. The number of rotatable bonds is 4. The van der Waals surface area contributed by atoms with Crippen LogP contribution in [0.25, 0.3) is 5.65 Å². The second-order valence-electron chi connectivity index (χ2n) is 7.58. The van der Waals surface area contributed by atoms with E-state index in [-0.39, 0.29) is 5.97 Å². The average molecular weight is 362 g/mol. The van der Waals surface area contributed by atoms with Crippen LogP contribution in [0.1, 0.15) is 70.9 Å². The molecule has 0 unspecified atom stereocenters. The van der Waals surface area contributed by atoms with Crippen LogP contribution in [0.5, 0.6) is 0 Å². The van der Waals surface area contributed by atoms with E-state index < -0.39 is 0 Å². The summed E-state index contributed by atoms with van der Waals surface area (Å²) >= 11 is 0. The van der Waals surface area contributed by atoms with Gasteiger partial charge in [-0.05, 0) is 37.5 Å². The first kappa shape index (κ1) is 17.8. The Morgan fingerprint density at radius 1 is 1.11 bits per heavy atom. The summed E-state index contributed by atoms with van der Waals surface area (Å²) in [5.41, 5.74) is 6.40. The molecule has 4 nitrogen and oxygen atoms in total. The molecule has 2 aromatic heterocycles. The Bertz CT molecular complexity index is 950. The molecular weight excluding hydrogens is 336 g/mol. The van der Waals surface area contributed by atoms with E-state index in [0.717, 1.165) is 12.1 Å². The largest absolute Gasteiger partial charge is 0.465 e. The predicted molar refractivity (Wildman–Crippen MR) is 106 cm³/mol. The first-order valence-corrected chi connectivity index (χ1v) is 9.80. The Labute approximate surface area is 160 Å². The first-order valence-electron chi connectivity index (χ1n) is 9.80. The van der Waals surface area contributed by atoms with Gasteiger partial charge in [0.15, 0.2) is 0 Å². The number of methoxy groups -OCH3 is 1. The lowest BCUT2D eigenvalue weighted by Crippen LogP contribution is -2.09. The summed E-state index contributed by atoms with van der Waals surface area (Å²) in [5, 5.41) is 0. The lowest BCUT2D eigenvalue weighted by atomic mass is 9.85. The number of nitrogens with zero attached hydrogens (tertiary/aromatic N) is 2. The van der Waals surface area contributed by atoms with Crippen LogP contribution in [-0.4, -0.2) is 22.5 Å². The van der Waals surface area contributed by atoms with Crippen molar-refractivity contribution < 1.29 is 9.53 Å². The van der Waals surface area contributed by atoms with E-state index in [1.165, 1.54) is 61.7 Å². The fourth-order valence-corrected chi connectivity index (χ4v) is 4.13. The molecule has 0 amide bonds. The van der Waals surface area contributed by atoms with Gasteiger partial charge in [-0.3, -0.25) is 0 Å². The first-order chi connectivity index (χ1) is 13.2. The van der Waals surface area contributed by atoms with Gasteiger partial charge in [-0.25, -0.2) is 9.78 Å². The third-order valence-electron chi connectivity index (χ3n) is 5.65. The minimum absolute atomic E-state index is 0.314. The molecule has 3 aromatic rings. The number of carbonyl (C=O) groups excluding carboxylic acids is 1. The summed E-state index contributed by atoms with van der Waals surface area (Å²) in [6, 6.07) is 12.4. The number of hydrogen-bond donors (Lipinski definition) is 0. The lowest BCUT2D eigenvalue weighted by molar-refractivity contribution is 0.0600. The number of fused-ring (bicyclic) bond motifs is 1. The standard InChI is InChI=1S/C23H26N2O2/c1-16-8-10-17(11-9-16)14-20-22(18-6-4-3-5-7-18)24-21-13-12-19(15-25(20)21)23(26)27-2/h8-13,15,18H,3-7,14H2,1-2H3. The molecule has 4 heteroatoms. The Morgan fingerprint density at radius 3 is 2.56 bits per heavy atom. The fourth-order valence-electron chi connectivity index (χ4n) is 4.13. The van der Waals surface area contributed by atoms with Crippen LogP contribution in [0, 0.1) is 6.92 Å². The molecule has 2 heterocycles. The van der Waals surface area contributed by atoms with Crippen molar-refractivity contribution in [1.82, 2.24) is 9.38 Å². The van der Waals surface area contributed by atoms with Crippen molar-refractivity contribution in [1.29, 1.82) is 0 Å². The number of esters is 1. The highest BCUT2D eigenvalue weighted by molar-refractivity contribution is 5.89. The van der Waals surface area contributed by atoms with Crippen molar-refractivity contribution in [2.24, 2.45) is 0 Å². The SMILES string of the molecule is COC(=O)c1ccc2nc(C3CCCCC3)c(Cc3ccc(C)cc3)n2c1. The molecule has 4 rings (SSSR count). The maximum atomic E-state index is 12.0. The molecule has 140 valence electrons. The quantitative estimate of drug-likeness (QED) is 0.609. The van der Waals surface area contributed by atoms with Gasteiger partial charge in [0.1, 0.15) is 5.65 Å². The van der Waals surface area contributed by atoms with Crippen molar-refractivity contribution >= 4 is 11.6 Å². The minimum atomic E-state index is -0.314. The Kier molecular flexibility index (Phi) is 4.97. The number of carbonyl (C=O) groups is 1. The maximum absolute atomic E-state index is 12.0. The van der Waals surface area contributed by atoms with Gasteiger partial charge in [0.25, 0.3) is 0 Å². The molecule has 1 saturated carbocycles. The van der Waals surface area contributed by atoms with E-state index >= 15 is 0 Å². The van der Waals surface area contributed by atoms with E-state index in [2.05, 4.69) is 35.6 Å². The van der Waals surface area contributed by atoms with Gasteiger partial charge in [-0.2, -0.15) is 0 Å². The number of pyridine rings is 1. The van der Waals surface area contributed by atoms with Gasteiger partial charge < -0.3 is 9.14 Å². The number of imidazole rings is 1. The van der Waals surface area contributed by atoms with E-state index in [9.17, 15) is 4.79 Å². The summed E-state index contributed by atoms with van der Waals surface area (Å²) in [6.07, 6.45) is 8.97. The number of aromatic nitrogens is 2. The zero-order chi connectivity index (χ0) is 18.8. The van der Waals surface area contributed by atoms with Gasteiger partial charge in [0.2, 0.25) is 0 Å². The Balaban J connectivity index is 1.81. The zero-order valence-electron chi connectivity index (χ0n) is 16.1. The van der Waals surface area contributed by atoms with Gasteiger partial charge in [0, 0.05) is 18.5 Å². The molecule has 0 atom stereocenters. The highest BCUT2D eigenvalue weighted by Gasteiger charge is 2.24. The molecule has 1 aromatic carbocycles. The van der Waals surface area contributed by atoms with Gasteiger partial charge in [-0.15, -0.1) is 0 Å². The van der Waals surface area contributed by atoms with Crippen molar-refractivity contribution in [3.8, 4) is 0 Å². The van der Waals surface area contributed by atoms with Gasteiger partial charge >= 0.3 is 5.97 Å². The maximum Gasteiger partial charge on any atom is 0.339 e. The summed E-state index contributed by atoms with van der Waals surface area (Å²) in [6.45, 7) is 2.11. The summed E-state index contributed by atoms with van der Waals surface area (Å²) in [7, 11) is 1.42. The molecular formula is C23H26N2O2. The lowest BCUT2D eigenvalue weighted by Gasteiger charge is -2.21. The molecule has 0 spiro atoms. The van der Waals surface area contributed by atoms with Crippen molar-refractivity contribution in [2.75, 3.05) is 7.11 Å². The molecule has 0 bridgehead atoms. The Morgan fingerprint density at radius 2 is 1.85 bits per heavy atom. The van der Waals surface area contributed by atoms with Crippen LogP contribution < -0.4 is 0 Å². The van der Waals surface area contributed by atoms with Gasteiger partial charge in [-0.1, -0.05) is 49.1 Å². The highest BCUT2D eigenvalue weighted by atomic mass is 16.5. The van der Waals surface area contributed by atoms with Crippen LogP contribution in [0.2, 0.25) is 0 Å². The van der Waals surface area contributed by atoms with Gasteiger partial charge in [0.05, 0.1) is 24.1 Å². The molecule has 27 heavy (non-hydrogen) atoms. The number of ether oxygens (including phenoxy) is 1. The van der Waals surface area contributed by atoms with E-state index in [4.69, 9.17) is 9.72 Å². The number of hydrogen-bond acceptors (Lipinski definition) is 3. The van der Waals surface area contributed by atoms with E-state index in [1.807, 2.05) is 12.3 Å². The average Bonchev–Trinajstić information content (AvgIpc) is 3.07. The third-order valence-corrected chi connectivity index (χ3v) is 5.65. The Hall–Kier alpha value is -2.62. The summed E-state index contributed by atoms with van der Waals surface area (Å²) in [4.78, 5) is 17.0. The van der Waals surface area contributed by atoms with Crippen LogP contribution in [0.3, 0.4) is 0 Å². The third kappa shape index (κ3) is 3.61. The number of aryl methyl sites for hydroxylation is 1. The van der Waals surface area contributed by atoms with E-state index in [0.29, 0.717) is 11.5 Å². The molecule has 0 aliphatic heterocycles. The molecule has 1 aliphatic carbocycles. The van der Waals surface area contributed by atoms with Crippen molar-refractivity contribution in [3.63, 3.8) is 0 Å². The summed E-state index contributed by atoms with van der Waals surface area (Å²) in [5.74, 6) is 0.201. The van der Waals surface area contributed by atoms with Crippen LogP contribution in [0.4, 0.5) is 0 Å². The predicted octanol–water partition coefficient (Wildman–Crippen LogP) is 5.07. The normalized spacial score (nSPS) is 15.2. The van der Waals surface area contributed by atoms with Crippen LogP contribution >= 0.6 is 0 Å². The zero-order valence-corrected chi connectivity index (χ0v) is 16.1.